The molecule has 162 valence electrons. The third-order valence-corrected chi connectivity index (χ3v) is 7.49. The molecule has 0 unspecified atom stereocenters. The Balaban J connectivity index is 1.68. The van der Waals surface area contributed by atoms with Crippen molar-refractivity contribution >= 4 is 39.1 Å². The highest BCUT2D eigenvalue weighted by Crippen LogP contribution is 2.33. The maximum Gasteiger partial charge on any atom is 0.256 e. The van der Waals surface area contributed by atoms with E-state index in [1.165, 1.54) is 17.5 Å². The smallest absolute Gasteiger partial charge is 0.256 e. The molecule has 10 heteroatoms. The van der Waals surface area contributed by atoms with Gasteiger partial charge in [0, 0.05) is 32.7 Å². The van der Waals surface area contributed by atoms with Gasteiger partial charge < -0.3 is 15.0 Å². The normalized spacial score (nSPS) is 15.7. The van der Waals surface area contributed by atoms with Crippen LogP contribution in [0.25, 0.3) is 0 Å². The summed E-state index contributed by atoms with van der Waals surface area (Å²) >= 11 is 12.2. The molecule has 0 bridgehead atoms. The van der Waals surface area contributed by atoms with E-state index >= 15 is 0 Å². The number of carbonyl (C=O) groups is 1. The van der Waals surface area contributed by atoms with Crippen LogP contribution in [0, 0.1) is 0 Å². The first-order valence-corrected chi connectivity index (χ1v) is 11.5. The van der Waals surface area contributed by atoms with Crippen LogP contribution in [0.5, 0.6) is 5.75 Å². The molecule has 0 saturated carbocycles. The standard InChI is InChI=1S/C20H23Cl2N3O4S/c1-24-9-11-25(12-10-24)30(27,28)15-5-3-14(4-6-15)13-23-20(26)18-16(21)7-8-17(22)19(18)29-2/h3-8H,9-13H2,1-2H3,(H,23,26). The zero-order valence-electron chi connectivity index (χ0n) is 16.7. The van der Waals surface area contributed by atoms with E-state index < -0.39 is 15.9 Å². The number of halogens is 2. The van der Waals surface area contributed by atoms with Gasteiger partial charge in [0.25, 0.3) is 5.91 Å². The summed E-state index contributed by atoms with van der Waals surface area (Å²) in [6.07, 6.45) is 0. The van der Waals surface area contributed by atoms with Crippen molar-refractivity contribution in [3.63, 3.8) is 0 Å². The Morgan fingerprint density at radius 2 is 1.63 bits per heavy atom. The number of carbonyl (C=O) groups excluding carboxylic acids is 1. The maximum absolute atomic E-state index is 12.8. The largest absolute Gasteiger partial charge is 0.494 e. The van der Waals surface area contributed by atoms with Crippen molar-refractivity contribution < 1.29 is 17.9 Å². The van der Waals surface area contributed by atoms with E-state index in [-0.39, 0.29) is 32.8 Å². The number of nitrogens with zero attached hydrogens (tertiary/aromatic N) is 2. The van der Waals surface area contributed by atoms with Crippen molar-refractivity contribution in [3.05, 3.63) is 57.6 Å². The molecule has 0 atom stereocenters. The van der Waals surface area contributed by atoms with Gasteiger partial charge >= 0.3 is 0 Å². The lowest BCUT2D eigenvalue weighted by molar-refractivity contribution is 0.0948. The minimum absolute atomic E-state index is 0.154. The predicted molar refractivity (Wildman–Crippen MR) is 117 cm³/mol. The van der Waals surface area contributed by atoms with Gasteiger partial charge in [0.1, 0.15) is 5.56 Å². The first-order valence-electron chi connectivity index (χ1n) is 9.32. The number of benzene rings is 2. The van der Waals surface area contributed by atoms with Gasteiger partial charge in [-0.15, -0.1) is 0 Å². The summed E-state index contributed by atoms with van der Waals surface area (Å²) in [6.45, 7) is 2.55. The molecule has 0 radical (unpaired) electrons. The van der Waals surface area contributed by atoms with Crippen molar-refractivity contribution in [1.82, 2.24) is 14.5 Å². The second kappa shape index (κ2) is 9.53. The molecular weight excluding hydrogens is 449 g/mol. The summed E-state index contributed by atoms with van der Waals surface area (Å²) < 4.78 is 32.3. The summed E-state index contributed by atoms with van der Waals surface area (Å²) in [5.41, 5.74) is 0.902. The zero-order valence-corrected chi connectivity index (χ0v) is 19.0. The molecule has 3 rings (SSSR count). The highest BCUT2D eigenvalue weighted by atomic mass is 35.5. The summed E-state index contributed by atoms with van der Waals surface area (Å²) in [5, 5.41) is 3.26. The van der Waals surface area contributed by atoms with Gasteiger partial charge in [-0.3, -0.25) is 4.79 Å². The molecule has 1 saturated heterocycles. The van der Waals surface area contributed by atoms with Crippen molar-refractivity contribution in [2.24, 2.45) is 0 Å². The molecule has 1 heterocycles. The number of rotatable bonds is 6. The Morgan fingerprint density at radius 1 is 1.03 bits per heavy atom. The Kier molecular flexibility index (Phi) is 7.26. The summed E-state index contributed by atoms with van der Waals surface area (Å²) in [7, 11) is -0.143. The molecule has 1 aliphatic rings. The van der Waals surface area contributed by atoms with Crippen LogP contribution in [-0.4, -0.2) is 63.9 Å². The minimum Gasteiger partial charge on any atom is -0.494 e. The van der Waals surface area contributed by atoms with Gasteiger partial charge in [-0.25, -0.2) is 8.42 Å². The van der Waals surface area contributed by atoms with Crippen LogP contribution in [-0.2, 0) is 16.6 Å². The number of sulfonamides is 1. The van der Waals surface area contributed by atoms with Gasteiger partial charge in [-0.05, 0) is 36.9 Å². The lowest BCUT2D eigenvalue weighted by Gasteiger charge is -2.31. The number of likely N-dealkylation sites (N-methyl/N-ethyl adjacent to an activating group) is 1. The van der Waals surface area contributed by atoms with E-state index in [2.05, 4.69) is 10.2 Å². The summed E-state index contributed by atoms with van der Waals surface area (Å²) in [6, 6.07) is 9.56. The van der Waals surface area contributed by atoms with E-state index in [9.17, 15) is 13.2 Å². The number of hydrogen-bond donors (Lipinski definition) is 1. The first-order chi connectivity index (χ1) is 14.2. The molecule has 2 aromatic rings. The van der Waals surface area contributed by atoms with Crippen molar-refractivity contribution in [2.75, 3.05) is 40.3 Å². The Hall–Kier alpha value is -1.84. The van der Waals surface area contributed by atoms with Crippen molar-refractivity contribution in [3.8, 4) is 5.75 Å². The zero-order chi connectivity index (χ0) is 21.9. The van der Waals surface area contributed by atoms with Crippen LogP contribution in [0.1, 0.15) is 15.9 Å². The second-order valence-electron chi connectivity index (χ2n) is 6.97. The second-order valence-corrected chi connectivity index (χ2v) is 9.72. The fourth-order valence-electron chi connectivity index (χ4n) is 3.17. The summed E-state index contributed by atoms with van der Waals surface area (Å²) in [4.78, 5) is 14.9. The van der Waals surface area contributed by atoms with Crippen molar-refractivity contribution in [1.29, 1.82) is 0 Å². The number of amides is 1. The van der Waals surface area contributed by atoms with Crippen LogP contribution >= 0.6 is 23.2 Å². The Bertz CT molecular complexity index is 1020. The topological polar surface area (TPSA) is 78.9 Å². The minimum atomic E-state index is -3.53. The summed E-state index contributed by atoms with van der Waals surface area (Å²) in [5.74, 6) is -0.233. The van der Waals surface area contributed by atoms with Gasteiger partial charge in [0.15, 0.2) is 5.75 Å². The average Bonchev–Trinajstić information content (AvgIpc) is 2.74. The molecule has 1 aliphatic heterocycles. The third-order valence-electron chi connectivity index (χ3n) is 4.97. The van der Waals surface area contributed by atoms with E-state index in [0.717, 1.165) is 5.56 Å². The number of nitrogens with one attached hydrogen (secondary N) is 1. The van der Waals surface area contributed by atoms with Gasteiger partial charge in [-0.1, -0.05) is 35.3 Å². The lowest BCUT2D eigenvalue weighted by atomic mass is 10.1. The fraction of sp³-hybridized carbons (Fsp3) is 0.350. The molecule has 1 N–H and O–H groups in total. The fourth-order valence-corrected chi connectivity index (χ4v) is 5.06. The van der Waals surface area contributed by atoms with E-state index in [1.807, 2.05) is 7.05 Å². The monoisotopic (exact) mass is 471 g/mol. The molecule has 7 nitrogen and oxygen atoms in total. The van der Waals surface area contributed by atoms with E-state index in [0.29, 0.717) is 26.2 Å². The van der Waals surface area contributed by atoms with E-state index in [4.69, 9.17) is 27.9 Å². The van der Waals surface area contributed by atoms with Crippen LogP contribution in [0.15, 0.2) is 41.3 Å². The van der Waals surface area contributed by atoms with Gasteiger partial charge in [0.05, 0.1) is 22.1 Å². The van der Waals surface area contributed by atoms with Crippen LogP contribution in [0.3, 0.4) is 0 Å². The molecule has 30 heavy (non-hydrogen) atoms. The molecule has 0 aromatic heterocycles. The van der Waals surface area contributed by atoms with Crippen molar-refractivity contribution in [2.45, 2.75) is 11.4 Å². The SMILES string of the molecule is COc1c(Cl)ccc(Cl)c1C(=O)NCc1ccc(S(=O)(=O)N2CCN(C)CC2)cc1. The van der Waals surface area contributed by atoms with Crippen LogP contribution in [0.4, 0.5) is 0 Å². The molecule has 0 spiro atoms. The number of ether oxygens (including phenoxy) is 1. The highest BCUT2D eigenvalue weighted by molar-refractivity contribution is 7.89. The highest BCUT2D eigenvalue weighted by Gasteiger charge is 2.27. The maximum atomic E-state index is 12.8. The van der Waals surface area contributed by atoms with Gasteiger partial charge in [0.2, 0.25) is 10.0 Å². The molecule has 2 aromatic carbocycles. The number of piperazine rings is 1. The average molecular weight is 472 g/mol. The van der Waals surface area contributed by atoms with Gasteiger partial charge in [-0.2, -0.15) is 4.31 Å². The first kappa shape index (κ1) is 22.8. The molecule has 0 aliphatic carbocycles. The molecule has 1 amide bonds. The molecular formula is C20H23Cl2N3O4S. The lowest BCUT2D eigenvalue weighted by Crippen LogP contribution is -2.47. The predicted octanol–water partition coefficient (Wildman–Crippen LogP) is 2.87. The van der Waals surface area contributed by atoms with E-state index in [1.54, 1.807) is 30.3 Å². The Morgan fingerprint density at radius 3 is 2.23 bits per heavy atom. The Labute approximate surface area is 186 Å². The van der Waals surface area contributed by atoms with Crippen LogP contribution in [0.2, 0.25) is 10.0 Å². The quantitative estimate of drug-likeness (QED) is 0.700. The number of methoxy groups -OCH3 is 1. The number of hydrogen-bond acceptors (Lipinski definition) is 5. The van der Waals surface area contributed by atoms with Crippen LogP contribution < -0.4 is 10.1 Å². The third kappa shape index (κ3) is 4.90. The molecule has 1 fully saturated rings.